The number of hydrogen-bond donors (Lipinski definition) is 0. The molecule has 1 fully saturated rings. The third kappa shape index (κ3) is 3.81. The van der Waals surface area contributed by atoms with Gasteiger partial charge in [0.05, 0.1) is 12.0 Å². The van der Waals surface area contributed by atoms with Gasteiger partial charge >= 0.3 is 6.18 Å². The highest BCUT2D eigenvalue weighted by Gasteiger charge is 2.32. The van der Waals surface area contributed by atoms with E-state index in [1.54, 1.807) is 4.90 Å². The molecule has 1 amide bonds. The summed E-state index contributed by atoms with van der Waals surface area (Å²) in [6, 6.07) is 16.2. The molecule has 0 spiro atoms. The Morgan fingerprint density at radius 3 is 2.69 bits per heavy atom. The molecule has 0 aliphatic carbocycles. The third-order valence-electron chi connectivity index (χ3n) is 6.12. The first kappa shape index (κ1) is 20.5. The number of pyridine rings is 1. The van der Waals surface area contributed by atoms with E-state index in [1.165, 1.54) is 10.5 Å². The van der Waals surface area contributed by atoms with Crippen LogP contribution < -0.4 is 0 Å². The van der Waals surface area contributed by atoms with Gasteiger partial charge < -0.3 is 4.90 Å². The standard InChI is InChI=1S/C24H21F3N4O/c25-24(26,27)19-10-11-21-28-29-23(31(21)15-19)18-8-4-12-30(14-18)22(32)13-17-7-3-6-16-5-1-2-9-20(16)17/h1-3,5-7,9-11,15,18H,4,8,12-14H2/t18-/m0/s1. The highest BCUT2D eigenvalue weighted by molar-refractivity contribution is 5.90. The molecule has 5 nitrogen and oxygen atoms in total. The Kier molecular flexibility index (Phi) is 5.07. The highest BCUT2D eigenvalue weighted by Crippen LogP contribution is 2.31. The minimum Gasteiger partial charge on any atom is -0.342 e. The molecule has 2 aromatic carbocycles. The molecule has 0 radical (unpaired) electrons. The zero-order valence-corrected chi connectivity index (χ0v) is 17.2. The smallest absolute Gasteiger partial charge is 0.342 e. The van der Waals surface area contributed by atoms with Gasteiger partial charge in [-0.1, -0.05) is 42.5 Å². The van der Waals surface area contributed by atoms with Gasteiger partial charge in [0.1, 0.15) is 5.82 Å². The Hall–Kier alpha value is -3.42. The van der Waals surface area contributed by atoms with E-state index in [1.807, 2.05) is 42.5 Å². The van der Waals surface area contributed by atoms with Crippen molar-refractivity contribution in [2.45, 2.75) is 31.4 Å². The lowest BCUT2D eigenvalue weighted by molar-refractivity contribution is -0.137. The van der Waals surface area contributed by atoms with Gasteiger partial charge in [-0.05, 0) is 41.3 Å². The van der Waals surface area contributed by atoms with Crippen molar-refractivity contribution in [3.8, 4) is 0 Å². The van der Waals surface area contributed by atoms with E-state index in [-0.39, 0.29) is 18.2 Å². The lowest BCUT2D eigenvalue weighted by atomic mass is 9.96. The van der Waals surface area contributed by atoms with Crippen LogP contribution in [0.3, 0.4) is 0 Å². The van der Waals surface area contributed by atoms with E-state index < -0.39 is 11.7 Å². The van der Waals surface area contributed by atoms with Gasteiger partial charge in [-0.25, -0.2) is 0 Å². The van der Waals surface area contributed by atoms with Gasteiger partial charge in [-0.2, -0.15) is 13.2 Å². The Bertz CT molecular complexity index is 1290. The summed E-state index contributed by atoms with van der Waals surface area (Å²) in [6.07, 6.45) is -1.61. The topological polar surface area (TPSA) is 50.5 Å². The fraction of sp³-hybridized carbons (Fsp3) is 0.292. The van der Waals surface area contributed by atoms with Crippen LogP contribution in [-0.4, -0.2) is 38.5 Å². The Morgan fingerprint density at radius 1 is 1.03 bits per heavy atom. The number of benzene rings is 2. The molecule has 1 aliphatic heterocycles. The molecule has 3 heterocycles. The summed E-state index contributed by atoms with van der Waals surface area (Å²) >= 11 is 0. The molecule has 1 saturated heterocycles. The number of rotatable bonds is 3. The van der Waals surface area contributed by atoms with E-state index in [0.29, 0.717) is 24.6 Å². The molecule has 1 aliphatic rings. The number of alkyl halides is 3. The first-order valence-electron chi connectivity index (χ1n) is 10.6. The van der Waals surface area contributed by atoms with Crippen molar-refractivity contribution in [1.29, 1.82) is 0 Å². The number of carbonyl (C=O) groups excluding carboxylic acids is 1. The van der Waals surface area contributed by atoms with Gasteiger partial charge in [0.15, 0.2) is 5.65 Å². The van der Waals surface area contributed by atoms with E-state index in [9.17, 15) is 18.0 Å². The fourth-order valence-corrected chi connectivity index (χ4v) is 4.49. The fourth-order valence-electron chi connectivity index (χ4n) is 4.49. The van der Waals surface area contributed by atoms with Crippen LogP contribution in [0, 0.1) is 0 Å². The predicted molar refractivity (Wildman–Crippen MR) is 114 cm³/mol. The maximum absolute atomic E-state index is 13.2. The number of hydrogen-bond acceptors (Lipinski definition) is 3. The van der Waals surface area contributed by atoms with Crippen LogP contribution in [0.1, 0.15) is 35.7 Å². The second kappa shape index (κ2) is 7.93. The average Bonchev–Trinajstić information content (AvgIpc) is 3.22. The monoisotopic (exact) mass is 438 g/mol. The van der Waals surface area contributed by atoms with Crippen molar-refractivity contribution < 1.29 is 18.0 Å². The number of likely N-dealkylation sites (tertiary alicyclic amines) is 1. The molecule has 2 aromatic heterocycles. The zero-order valence-electron chi connectivity index (χ0n) is 17.2. The van der Waals surface area contributed by atoms with Crippen molar-refractivity contribution in [2.75, 3.05) is 13.1 Å². The SMILES string of the molecule is O=C(Cc1cccc2ccccc12)N1CCC[C@H](c2nnc3ccc(C(F)(F)F)cn23)C1. The van der Waals surface area contributed by atoms with Gasteiger partial charge in [-0.15, -0.1) is 10.2 Å². The van der Waals surface area contributed by atoms with Crippen molar-refractivity contribution in [3.63, 3.8) is 0 Å². The van der Waals surface area contributed by atoms with Gasteiger partial charge in [-0.3, -0.25) is 9.20 Å². The van der Waals surface area contributed by atoms with Crippen molar-refractivity contribution in [1.82, 2.24) is 19.5 Å². The number of nitrogens with zero attached hydrogens (tertiary/aromatic N) is 4. The first-order valence-corrected chi connectivity index (χ1v) is 10.6. The Labute approximate surface area is 182 Å². The van der Waals surface area contributed by atoms with Crippen LogP contribution in [0.4, 0.5) is 13.2 Å². The maximum atomic E-state index is 13.2. The molecule has 4 aromatic rings. The first-order chi connectivity index (χ1) is 15.4. The van der Waals surface area contributed by atoms with Crippen molar-refractivity contribution >= 4 is 22.3 Å². The molecular formula is C24H21F3N4O. The van der Waals surface area contributed by atoms with Gasteiger partial charge in [0.25, 0.3) is 0 Å². The van der Waals surface area contributed by atoms with Crippen LogP contribution >= 0.6 is 0 Å². The molecule has 8 heteroatoms. The molecule has 164 valence electrons. The number of aromatic nitrogens is 3. The minimum atomic E-state index is -4.44. The molecule has 0 saturated carbocycles. The number of piperidine rings is 1. The summed E-state index contributed by atoms with van der Waals surface area (Å²) in [5.74, 6) is 0.309. The van der Waals surface area contributed by atoms with Gasteiger partial charge in [0.2, 0.25) is 5.91 Å². The second-order valence-corrected chi connectivity index (χ2v) is 8.20. The van der Waals surface area contributed by atoms with Crippen LogP contribution in [0.2, 0.25) is 0 Å². The number of amides is 1. The number of fused-ring (bicyclic) bond motifs is 2. The summed E-state index contributed by atoms with van der Waals surface area (Å²) in [4.78, 5) is 14.9. The van der Waals surface area contributed by atoms with Crippen LogP contribution in [0.25, 0.3) is 16.4 Å². The van der Waals surface area contributed by atoms with Crippen LogP contribution in [0.5, 0.6) is 0 Å². The van der Waals surface area contributed by atoms with Crippen molar-refractivity contribution in [3.05, 3.63) is 77.7 Å². The van der Waals surface area contributed by atoms with Crippen LogP contribution in [0.15, 0.2) is 60.8 Å². The van der Waals surface area contributed by atoms with E-state index in [4.69, 9.17) is 0 Å². The van der Waals surface area contributed by atoms with E-state index >= 15 is 0 Å². The lowest BCUT2D eigenvalue weighted by Crippen LogP contribution is -2.40. The van der Waals surface area contributed by atoms with Crippen LogP contribution in [-0.2, 0) is 17.4 Å². The molecule has 0 bridgehead atoms. The third-order valence-corrected chi connectivity index (χ3v) is 6.12. The normalized spacial score (nSPS) is 17.2. The number of halogens is 3. The van der Waals surface area contributed by atoms with Crippen molar-refractivity contribution in [2.24, 2.45) is 0 Å². The molecule has 32 heavy (non-hydrogen) atoms. The largest absolute Gasteiger partial charge is 0.417 e. The summed E-state index contributed by atoms with van der Waals surface area (Å²) in [5.41, 5.74) is 0.593. The predicted octanol–water partition coefficient (Wildman–Crippen LogP) is 4.85. The summed E-state index contributed by atoms with van der Waals surface area (Å²) in [7, 11) is 0. The second-order valence-electron chi connectivity index (χ2n) is 8.20. The van der Waals surface area contributed by atoms with E-state index in [0.717, 1.165) is 41.4 Å². The summed E-state index contributed by atoms with van der Waals surface area (Å²) in [6.45, 7) is 1.05. The lowest BCUT2D eigenvalue weighted by Gasteiger charge is -2.32. The molecule has 1 atom stereocenters. The number of carbonyl (C=O) groups is 1. The molecule has 5 rings (SSSR count). The highest BCUT2D eigenvalue weighted by atomic mass is 19.4. The summed E-state index contributed by atoms with van der Waals surface area (Å²) < 4.78 is 40.9. The Balaban J connectivity index is 1.38. The molecular weight excluding hydrogens is 417 g/mol. The minimum absolute atomic E-state index is 0.0101. The molecule has 0 unspecified atom stereocenters. The molecule has 0 N–H and O–H groups in total. The maximum Gasteiger partial charge on any atom is 0.417 e. The Morgan fingerprint density at radius 2 is 1.84 bits per heavy atom. The summed E-state index contributed by atoms with van der Waals surface area (Å²) in [5, 5.41) is 10.3. The van der Waals surface area contributed by atoms with Gasteiger partial charge in [0, 0.05) is 25.2 Å². The zero-order chi connectivity index (χ0) is 22.3. The quantitative estimate of drug-likeness (QED) is 0.460. The van der Waals surface area contributed by atoms with E-state index in [2.05, 4.69) is 10.2 Å². The average molecular weight is 438 g/mol.